The minimum atomic E-state index is -1.47. The van der Waals surface area contributed by atoms with Crippen LogP contribution < -0.4 is 0 Å². The topological polar surface area (TPSA) is 69.7 Å². The summed E-state index contributed by atoms with van der Waals surface area (Å²) in [4.78, 5) is 37.5. The van der Waals surface area contributed by atoms with E-state index in [1.165, 1.54) is 6.07 Å². The van der Waals surface area contributed by atoms with Gasteiger partial charge in [-0.1, -0.05) is 17.7 Å². The molecule has 0 aromatic heterocycles. The summed E-state index contributed by atoms with van der Waals surface area (Å²) in [6, 6.07) is 4.75. The normalized spacial score (nSPS) is 27.1. The summed E-state index contributed by atoms with van der Waals surface area (Å²) in [7, 11) is 0. The maximum Gasteiger partial charge on any atom is 0.324 e. The van der Waals surface area contributed by atoms with Crippen LogP contribution in [0.3, 0.4) is 0 Å². The first-order valence-electron chi connectivity index (χ1n) is 7.20. The molecule has 1 heterocycles. The molecule has 22 heavy (non-hydrogen) atoms. The maximum absolute atomic E-state index is 12.8. The lowest BCUT2D eigenvalue weighted by Crippen LogP contribution is -2.51. The van der Waals surface area contributed by atoms with Gasteiger partial charge in [-0.3, -0.25) is 14.4 Å². The van der Waals surface area contributed by atoms with Gasteiger partial charge >= 0.3 is 5.97 Å². The highest BCUT2D eigenvalue weighted by Gasteiger charge is 2.57. The molecule has 1 spiro atoms. The van der Waals surface area contributed by atoms with Gasteiger partial charge in [-0.05, 0) is 31.9 Å². The van der Waals surface area contributed by atoms with E-state index in [0.717, 1.165) is 0 Å². The lowest BCUT2D eigenvalue weighted by molar-refractivity contribution is -0.157. The van der Waals surface area contributed by atoms with E-state index in [1.807, 2.05) is 0 Å². The first-order chi connectivity index (χ1) is 10.5. The van der Waals surface area contributed by atoms with Crippen molar-refractivity contribution in [1.82, 2.24) is 0 Å². The van der Waals surface area contributed by atoms with Crippen LogP contribution in [0.2, 0.25) is 5.02 Å². The van der Waals surface area contributed by atoms with Gasteiger partial charge in [-0.15, -0.1) is 0 Å². The van der Waals surface area contributed by atoms with E-state index in [0.29, 0.717) is 30.0 Å². The quantitative estimate of drug-likeness (QED) is 0.617. The van der Waals surface area contributed by atoms with Crippen molar-refractivity contribution in [1.29, 1.82) is 0 Å². The molecule has 116 valence electrons. The monoisotopic (exact) mass is 322 g/mol. The molecule has 5 nitrogen and oxygen atoms in total. The third-order valence-corrected chi connectivity index (χ3v) is 4.38. The van der Waals surface area contributed by atoms with Crippen LogP contribution in [0.5, 0.6) is 0 Å². The Balaban J connectivity index is 2.17. The molecule has 1 aromatic rings. The van der Waals surface area contributed by atoms with E-state index in [2.05, 4.69) is 0 Å². The smallest absolute Gasteiger partial charge is 0.324 e. The summed E-state index contributed by atoms with van der Waals surface area (Å²) in [6.45, 7) is 2.14. The third-order valence-electron chi connectivity index (χ3n) is 4.15. The van der Waals surface area contributed by atoms with Gasteiger partial charge in [0.1, 0.15) is 0 Å². The predicted octanol–water partition coefficient (Wildman–Crippen LogP) is 2.29. The Morgan fingerprint density at radius 2 is 2.23 bits per heavy atom. The molecule has 0 saturated carbocycles. The number of carbonyl (C=O) groups is 3. The number of halogens is 1. The van der Waals surface area contributed by atoms with Crippen LogP contribution in [0.4, 0.5) is 0 Å². The van der Waals surface area contributed by atoms with Crippen LogP contribution in [-0.2, 0) is 24.7 Å². The Morgan fingerprint density at radius 3 is 2.86 bits per heavy atom. The lowest BCUT2D eigenvalue weighted by Gasteiger charge is -2.35. The molecule has 0 amide bonds. The fourth-order valence-corrected chi connectivity index (χ4v) is 3.37. The van der Waals surface area contributed by atoms with Crippen LogP contribution in [0.1, 0.15) is 35.7 Å². The number of Topliss-reactive ketones (excluding diaryl/α,β-unsaturated/α-hetero) is 2. The van der Waals surface area contributed by atoms with Gasteiger partial charge in [0.25, 0.3) is 0 Å². The molecule has 1 fully saturated rings. The van der Waals surface area contributed by atoms with E-state index in [-0.39, 0.29) is 12.2 Å². The van der Waals surface area contributed by atoms with Crippen LogP contribution in [0.25, 0.3) is 0 Å². The van der Waals surface area contributed by atoms with Gasteiger partial charge in [0.2, 0.25) is 0 Å². The zero-order valence-corrected chi connectivity index (χ0v) is 12.8. The molecule has 1 saturated heterocycles. The summed E-state index contributed by atoms with van der Waals surface area (Å²) in [6.07, 6.45) is 1.14. The van der Waals surface area contributed by atoms with Crippen molar-refractivity contribution in [3.8, 4) is 0 Å². The van der Waals surface area contributed by atoms with Crippen molar-refractivity contribution in [2.45, 2.75) is 25.4 Å². The van der Waals surface area contributed by atoms with Crippen molar-refractivity contribution in [2.75, 3.05) is 13.2 Å². The Morgan fingerprint density at radius 1 is 1.45 bits per heavy atom. The predicted molar refractivity (Wildman–Crippen MR) is 77.8 cm³/mol. The molecule has 1 aliphatic heterocycles. The van der Waals surface area contributed by atoms with E-state index >= 15 is 0 Å². The average molecular weight is 323 g/mol. The van der Waals surface area contributed by atoms with E-state index in [1.54, 1.807) is 19.1 Å². The molecule has 2 aliphatic rings. The number of fused-ring (bicyclic) bond motifs is 2. The second kappa shape index (κ2) is 5.48. The highest BCUT2D eigenvalue weighted by atomic mass is 35.5. The summed E-state index contributed by atoms with van der Waals surface area (Å²) in [5.41, 5.74) is -0.456. The van der Waals surface area contributed by atoms with Crippen LogP contribution >= 0.6 is 11.6 Å². The SMILES string of the molecule is CCOC(=O)C1C(=O)c2cc(Cl)ccc2C2(CCCO2)C1=O. The molecule has 2 atom stereocenters. The Labute approximate surface area is 132 Å². The summed E-state index contributed by atoms with van der Waals surface area (Å²) >= 11 is 5.97. The standard InChI is InChI=1S/C16H15ClO5/c1-2-21-15(20)12-13(18)10-8-9(17)4-5-11(10)16(14(12)19)6-3-7-22-16/h4-5,8,12H,2-3,6-7H2,1H3. The van der Waals surface area contributed by atoms with Crippen LogP contribution in [0, 0.1) is 5.92 Å². The van der Waals surface area contributed by atoms with Gasteiger partial charge in [-0.2, -0.15) is 0 Å². The van der Waals surface area contributed by atoms with Crippen molar-refractivity contribution < 1.29 is 23.9 Å². The third kappa shape index (κ3) is 2.08. The minimum Gasteiger partial charge on any atom is -0.465 e. The van der Waals surface area contributed by atoms with E-state index in [9.17, 15) is 14.4 Å². The average Bonchev–Trinajstić information content (AvgIpc) is 2.96. The summed E-state index contributed by atoms with van der Waals surface area (Å²) < 4.78 is 10.6. The molecule has 2 unspecified atom stereocenters. The largest absolute Gasteiger partial charge is 0.465 e. The number of hydrogen-bond donors (Lipinski definition) is 0. The highest BCUT2D eigenvalue weighted by molar-refractivity contribution is 6.32. The van der Waals surface area contributed by atoms with Crippen molar-refractivity contribution in [3.63, 3.8) is 0 Å². The van der Waals surface area contributed by atoms with Crippen molar-refractivity contribution in [2.24, 2.45) is 5.92 Å². The number of esters is 1. The lowest BCUT2D eigenvalue weighted by atomic mass is 9.70. The van der Waals surface area contributed by atoms with Crippen LogP contribution in [-0.4, -0.2) is 30.7 Å². The first kappa shape index (κ1) is 15.2. The number of carbonyl (C=O) groups excluding carboxylic acids is 3. The van der Waals surface area contributed by atoms with Gasteiger partial charge < -0.3 is 9.47 Å². The minimum absolute atomic E-state index is 0.103. The highest BCUT2D eigenvalue weighted by Crippen LogP contribution is 2.45. The van der Waals surface area contributed by atoms with Gasteiger partial charge in [0, 0.05) is 22.8 Å². The zero-order chi connectivity index (χ0) is 15.9. The van der Waals surface area contributed by atoms with E-state index < -0.39 is 29.1 Å². The second-order valence-electron chi connectivity index (χ2n) is 5.38. The van der Waals surface area contributed by atoms with Gasteiger partial charge in [0.15, 0.2) is 23.1 Å². The van der Waals surface area contributed by atoms with E-state index in [4.69, 9.17) is 21.1 Å². The number of benzene rings is 1. The molecule has 0 radical (unpaired) electrons. The molecular weight excluding hydrogens is 308 g/mol. The summed E-state index contributed by atoms with van der Waals surface area (Å²) in [5.74, 6) is -3.38. The van der Waals surface area contributed by atoms with Crippen LogP contribution in [0.15, 0.2) is 18.2 Å². The molecule has 1 aromatic carbocycles. The zero-order valence-electron chi connectivity index (χ0n) is 12.1. The number of hydrogen-bond acceptors (Lipinski definition) is 5. The second-order valence-corrected chi connectivity index (χ2v) is 5.82. The fraction of sp³-hybridized carbons (Fsp3) is 0.438. The molecule has 3 rings (SSSR count). The Hall–Kier alpha value is -1.72. The van der Waals surface area contributed by atoms with Gasteiger partial charge in [-0.25, -0.2) is 0 Å². The summed E-state index contributed by atoms with van der Waals surface area (Å²) in [5, 5.41) is 0.372. The molecule has 0 N–H and O–H groups in total. The van der Waals surface area contributed by atoms with Crippen molar-refractivity contribution >= 4 is 29.1 Å². The van der Waals surface area contributed by atoms with Gasteiger partial charge in [0.05, 0.1) is 6.61 Å². The van der Waals surface area contributed by atoms with Crippen molar-refractivity contribution in [3.05, 3.63) is 34.3 Å². The first-order valence-corrected chi connectivity index (χ1v) is 7.58. The Bertz CT molecular complexity index is 661. The maximum atomic E-state index is 12.8. The number of ether oxygens (including phenoxy) is 2. The molecular formula is C16H15ClO5. The Kier molecular flexibility index (Phi) is 3.78. The fourth-order valence-electron chi connectivity index (χ4n) is 3.20. The molecule has 6 heteroatoms. The number of ketones is 2. The molecule has 0 bridgehead atoms. The number of rotatable bonds is 2. The molecule has 1 aliphatic carbocycles.